The Morgan fingerprint density at radius 3 is 2.88 bits per heavy atom. The van der Waals surface area contributed by atoms with Gasteiger partial charge in [-0.15, -0.1) is 10.2 Å². The summed E-state index contributed by atoms with van der Waals surface area (Å²) in [4.78, 5) is 10.7. The summed E-state index contributed by atoms with van der Waals surface area (Å²) in [5.74, 6) is -1.77. The fraction of sp³-hybridized carbons (Fsp3) is 0.100. The van der Waals surface area contributed by atoms with Gasteiger partial charge in [-0.05, 0) is 6.07 Å². The molecule has 0 amide bonds. The monoisotopic (exact) mass is 221 g/mol. The Kier molecular flexibility index (Phi) is 2.63. The second kappa shape index (κ2) is 4.09. The van der Waals surface area contributed by atoms with Crippen LogP contribution in [0.15, 0.2) is 30.6 Å². The van der Waals surface area contributed by atoms with Gasteiger partial charge in [0.25, 0.3) is 0 Å². The first-order valence-electron chi connectivity index (χ1n) is 4.53. The van der Waals surface area contributed by atoms with Gasteiger partial charge in [0.05, 0.1) is 6.54 Å². The zero-order chi connectivity index (χ0) is 11.5. The molecular formula is C10H8FN3O2. The van der Waals surface area contributed by atoms with Gasteiger partial charge in [-0.25, -0.2) is 9.18 Å². The molecule has 0 aliphatic rings. The molecule has 5 nitrogen and oxygen atoms in total. The smallest absolute Gasteiger partial charge is 0.374 e. The van der Waals surface area contributed by atoms with Crippen molar-refractivity contribution in [3.63, 3.8) is 0 Å². The van der Waals surface area contributed by atoms with E-state index in [2.05, 4.69) is 10.2 Å². The Labute approximate surface area is 90.2 Å². The molecule has 82 valence electrons. The number of carboxylic acid groups (broad SMARTS) is 1. The summed E-state index contributed by atoms with van der Waals surface area (Å²) in [5, 5.41) is 15.7. The van der Waals surface area contributed by atoms with Crippen LogP contribution in [0, 0.1) is 5.82 Å². The lowest BCUT2D eigenvalue weighted by Gasteiger charge is -2.04. The van der Waals surface area contributed by atoms with Crippen molar-refractivity contribution in [1.29, 1.82) is 0 Å². The van der Waals surface area contributed by atoms with E-state index in [9.17, 15) is 9.18 Å². The zero-order valence-corrected chi connectivity index (χ0v) is 8.17. The Hall–Kier alpha value is -2.24. The van der Waals surface area contributed by atoms with E-state index in [1.54, 1.807) is 18.2 Å². The molecule has 0 radical (unpaired) electrons. The van der Waals surface area contributed by atoms with Crippen LogP contribution in [-0.4, -0.2) is 25.8 Å². The molecule has 2 rings (SSSR count). The van der Waals surface area contributed by atoms with E-state index >= 15 is 0 Å². The van der Waals surface area contributed by atoms with Crippen LogP contribution in [0.2, 0.25) is 0 Å². The van der Waals surface area contributed by atoms with E-state index in [4.69, 9.17) is 5.11 Å². The number of rotatable bonds is 3. The molecule has 0 aliphatic carbocycles. The average Bonchev–Trinajstić information content (AvgIpc) is 2.69. The van der Waals surface area contributed by atoms with E-state index in [1.807, 2.05) is 0 Å². The van der Waals surface area contributed by atoms with E-state index in [0.717, 1.165) is 0 Å². The zero-order valence-electron chi connectivity index (χ0n) is 8.17. The lowest BCUT2D eigenvalue weighted by Crippen LogP contribution is -2.10. The molecule has 0 bridgehead atoms. The number of hydrogen-bond donors (Lipinski definition) is 1. The van der Waals surface area contributed by atoms with Crippen LogP contribution in [0.4, 0.5) is 4.39 Å². The first-order chi connectivity index (χ1) is 7.68. The second-order valence-corrected chi connectivity index (χ2v) is 3.18. The van der Waals surface area contributed by atoms with Crippen molar-refractivity contribution in [2.45, 2.75) is 6.54 Å². The molecule has 6 heteroatoms. The van der Waals surface area contributed by atoms with Gasteiger partial charge in [0, 0.05) is 5.56 Å². The lowest BCUT2D eigenvalue weighted by atomic mass is 10.2. The minimum absolute atomic E-state index is 0.0985. The SMILES string of the molecule is O=C(O)c1nncn1Cc1ccccc1F. The van der Waals surface area contributed by atoms with Crippen LogP contribution in [0.1, 0.15) is 16.2 Å². The van der Waals surface area contributed by atoms with Crippen LogP contribution in [0.5, 0.6) is 0 Å². The number of nitrogens with zero attached hydrogens (tertiary/aromatic N) is 3. The van der Waals surface area contributed by atoms with Crippen LogP contribution >= 0.6 is 0 Å². The number of aromatic nitrogens is 3. The van der Waals surface area contributed by atoms with E-state index in [-0.39, 0.29) is 18.2 Å². The average molecular weight is 221 g/mol. The normalized spacial score (nSPS) is 10.3. The Balaban J connectivity index is 2.31. The lowest BCUT2D eigenvalue weighted by molar-refractivity contribution is 0.0678. The Morgan fingerprint density at radius 2 is 2.19 bits per heavy atom. The maximum atomic E-state index is 13.3. The summed E-state index contributed by atoms with van der Waals surface area (Å²) in [6, 6.07) is 6.16. The summed E-state index contributed by atoms with van der Waals surface area (Å²) in [6.45, 7) is 0.0985. The molecule has 2 aromatic rings. The second-order valence-electron chi connectivity index (χ2n) is 3.18. The van der Waals surface area contributed by atoms with Gasteiger partial charge >= 0.3 is 5.97 Å². The fourth-order valence-corrected chi connectivity index (χ4v) is 1.35. The van der Waals surface area contributed by atoms with Crippen molar-refractivity contribution in [2.24, 2.45) is 0 Å². The van der Waals surface area contributed by atoms with Gasteiger partial charge in [-0.1, -0.05) is 18.2 Å². The number of aromatic carboxylic acids is 1. The molecule has 0 atom stereocenters. The predicted molar refractivity (Wildman–Crippen MR) is 52.5 cm³/mol. The van der Waals surface area contributed by atoms with Gasteiger partial charge < -0.3 is 9.67 Å². The third kappa shape index (κ3) is 1.90. The highest BCUT2D eigenvalue weighted by Gasteiger charge is 2.13. The first kappa shape index (κ1) is 10.3. The third-order valence-electron chi connectivity index (χ3n) is 2.11. The molecule has 0 saturated heterocycles. The Bertz CT molecular complexity index is 524. The highest BCUT2D eigenvalue weighted by atomic mass is 19.1. The van der Waals surface area contributed by atoms with Crippen molar-refractivity contribution in [3.05, 3.63) is 47.8 Å². The molecule has 0 aliphatic heterocycles. The summed E-state index contributed by atoms with van der Waals surface area (Å²) < 4.78 is 14.6. The van der Waals surface area contributed by atoms with Crippen molar-refractivity contribution < 1.29 is 14.3 Å². The summed E-state index contributed by atoms with van der Waals surface area (Å²) in [6.07, 6.45) is 1.26. The molecule has 1 N–H and O–H groups in total. The minimum Gasteiger partial charge on any atom is -0.475 e. The molecule has 0 unspecified atom stereocenters. The van der Waals surface area contributed by atoms with Crippen LogP contribution in [0.25, 0.3) is 0 Å². The number of carbonyl (C=O) groups is 1. The topological polar surface area (TPSA) is 68.0 Å². The Morgan fingerprint density at radius 1 is 1.44 bits per heavy atom. The first-order valence-corrected chi connectivity index (χ1v) is 4.53. The van der Waals surface area contributed by atoms with E-state index < -0.39 is 5.97 Å². The maximum absolute atomic E-state index is 13.3. The number of halogens is 1. The van der Waals surface area contributed by atoms with Gasteiger partial charge in [0.1, 0.15) is 12.1 Å². The molecule has 0 fully saturated rings. The van der Waals surface area contributed by atoms with Crippen molar-refractivity contribution >= 4 is 5.97 Å². The minimum atomic E-state index is -1.19. The van der Waals surface area contributed by atoms with E-state index in [1.165, 1.54) is 17.0 Å². The largest absolute Gasteiger partial charge is 0.475 e. The van der Waals surface area contributed by atoms with Gasteiger partial charge in [-0.3, -0.25) is 0 Å². The third-order valence-corrected chi connectivity index (χ3v) is 2.11. The molecule has 1 aromatic heterocycles. The molecular weight excluding hydrogens is 213 g/mol. The molecule has 1 aromatic carbocycles. The standard InChI is InChI=1S/C10H8FN3O2/c11-8-4-2-1-3-7(8)5-14-6-12-13-9(14)10(15)16/h1-4,6H,5H2,(H,15,16). The van der Waals surface area contributed by atoms with Crippen LogP contribution in [-0.2, 0) is 6.54 Å². The fourth-order valence-electron chi connectivity index (χ4n) is 1.35. The molecule has 1 heterocycles. The highest BCUT2D eigenvalue weighted by molar-refractivity contribution is 5.83. The summed E-state index contributed by atoms with van der Waals surface area (Å²) in [5.41, 5.74) is 0.393. The van der Waals surface area contributed by atoms with Crippen molar-refractivity contribution in [1.82, 2.24) is 14.8 Å². The summed E-state index contributed by atoms with van der Waals surface area (Å²) >= 11 is 0. The van der Waals surface area contributed by atoms with Gasteiger partial charge in [-0.2, -0.15) is 0 Å². The van der Waals surface area contributed by atoms with Crippen LogP contribution in [0.3, 0.4) is 0 Å². The van der Waals surface area contributed by atoms with Crippen molar-refractivity contribution in [2.75, 3.05) is 0 Å². The molecule has 0 spiro atoms. The number of carboxylic acids is 1. The molecule has 0 saturated carbocycles. The quantitative estimate of drug-likeness (QED) is 0.844. The molecule has 16 heavy (non-hydrogen) atoms. The van der Waals surface area contributed by atoms with Crippen molar-refractivity contribution in [3.8, 4) is 0 Å². The predicted octanol–water partition coefficient (Wildman–Crippen LogP) is 1.16. The van der Waals surface area contributed by atoms with Gasteiger partial charge in [0.2, 0.25) is 5.82 Å². The number of hydrogen-bond acceptors (Lipinski definition) is 3. The number of benzene rings is 1. The summed E-state index contributed by atoms with van der Waals surface area (Å²) in [7, 11) is 0. The maximum Gasteiger partial charge on any atom is 0.374 e. The van der Waals surface area contributed by atoms with Crippen LogP contribution < -0.4 is 0 Å². The van der Waals surface area contributed by atoms with E-state index in [0.29, 0.717) is 5.56 Å². The highest BCUT2D eigenvalue weighted by Crippen LogP contribution is 2.09. The van der Waals surface area contributed by atoms with Gasteiger partial charge in [0.15, 0.2) is 0 Å².